The van der Waals surface area contributed by atoms with Crippen LogP contribution in [-0.2, 0) is 25.6 Å². The number of nitrogens with zero attached hydrogens (tertiary/aromatic N) is 2. The van der Waals surface area contributed by atoms with Gasteiger partial charge in [-0.15, -0.1) is 0 Å². The molecule has 0 unspecified atom stereocenters. The van der Waals surface area contributed by atoms with Crippen LogP contribution in [0.1, 0.15) is 65.0 Å². The van der Waals surface area contributed by atoms with Crippen LogP contribution in [0.15, 0.2) is 18.2 Å². The molecule has 1 fully saturated rings. The first-order valence-electron chi connectivity index (χ1n) is 10.4. The summed E-state index contributed by atoms with van der Waals surface area (Å²) in [5.41, 5.74) is 2.93. The number of nitrogens with one attached hydrogen (secondary N) is 1. The van der Waals surface area contributed by atoms with E-state index in [0.717, 1.165) is 69.0 Å². The van der Waals surface area contributed by atoms with Crippen molar-refractivity contribution in [1.82, 2.24) is 15.1 Å². The van der Waals surface area contributed by atoms with E-state index in [9.17, 15) is 18.0 Å². The van der Waals surface area contributed by atoms with Crippen molar-refractivity contribution in [2.75, 3.05) is 0 Å². The topological polar surface area (TPSA) is 46.9 Å². The number of rotatable bonds is 4. The van der Waals surface area contributed by atoms with E-state index >= 15 is 0 Å². The third kappa shape index (κ3) is 4.36. The van der Waals surface area contributed by atoms with Crippen molar-refractivity contribution in [3.05, 3.63) is 51.3 Å². The lowest BCUT2D eigenvalue weighted by Gasteiger charge is -2.29. The highest BCUT2D eigenvalue weighted by Crippen LogP contribution is 2.33. The zero-order valence-electron chi connectivity index (χ0n) is 16.9. The van der Waals surface area contributed by atoms with Crippen LogP contribution in [0, 0.1) is 12.8 Å². The third-order valence-corrected chi connectivity index (χ3v) is 6.69. The van der Waals surface area contributed by atoms with Gasteiger partial charge in [-0.2, -0.15) is 18.3 Å². The SMILES string of the molecule is Cc1nn(CC2CCC(NC(=O)c3cc(C(F)(F)F)ccc3Cl)CC2)c2c1CCC2. The van der Waals surface area contributed by atoms with Crippen LogP contribution < -0.4 is 5.32 Å². The molecule has 4 rings (SSSR count). The number of hydrogen-bond acceptors (Lipinski definition) is 2. The van der Waals surface area contributed by atoms with Crippen molar-refractivity contribution in [2.24, 2.45) is 5.92 Å². The molecule has 2 aliphatic rings. The number of carbonyl (C=O) groups excluding carboxylic acids is 1. The molecule has 0 saturated heterocycles. The molecule has 0 radical (unpaired) electrons. The van der Waals surface area contributed by atoms with Crippen LogP contribution >= 0.6 is 11.6 Å². The fourth-order valence-corrected chi connectivity index (χ4v) is 4.93. The lowest BCUT2D eigenvalue weighted by Crippen LogP contribution is -2.38. The minimum atomic E-state index is -4.51. The summed E-state index contributed by atoms with van der Waals surface area (Å²) in [5, 5.41) is 7.61. The quantitative estimate of drug-likeness (QED) is 0.698. The number of aryl methyl sites for hydroxylation is 1. The molecule has 2 aliphatic carbocycles. The molecule has 4 nitrogen and oxygen atoms in total. The maximum absolute atomic E-state index is 12.9. The third-order valence-electron chi connectivity index (χ3n) is 6.36. The fraction of sp³-hybridized carbons (Fsp3) is 0.545. The Morgan fingerprint density at radius 1 is 1.23 bits per heavy atom. The molecule has 2 aromatic rings. The van der Waals surface area contributed by atoms with Crippen LogP contribution in [0.2, 0.25) is 5.02 Å². The molecule has 1 N–H and O–H groups in total. The van der Waals surface area contributed by atoms with E-state index in [1.54, 1.807) is 0 Å². The highest BCUT2D eigenvalue weighted by atomic mass is 35.5. The van der Waals surface area contributed by atoms with E-state index in [1.807, 2.05) is 0 Å². The van der Waals surface area contributed by atoms with Gasteiger partial charge in [-0.25, -0.2) is 0 Å². The largest absolute Gasteiger partial charge is 0.416 e. The second-order valence-electron chi connectivity index (χ2n) is 8.43. The first kappa shape index (κ1) is 21.2. The predicted molar refractivity (Wildman–Crippen MR) is 109 cm³/mol. The van der Waals surface area contributed by atoms with Crippen molar-refractivity contribution in [3.8, 4) is 0 Å². The van der Waals surface area contributed by atoms with Gasteiger partial charge >= 0.3 is 6.18 Å². The molecular formula is C22H25ClF3N3O. The van der Waals surface area contributed by atoms with Gasteiger partial charge in [0.15, 0.2) is 0 Å². The Morgan fingerprint density at radius 2 is 1.97 bits per heavy atom. The predicted octanol–water partition coefficient (Wildman–Crippen LogP) is 5.34. The summed E-state index contributed by atoms with van der Waals surface area (Å²) in [6.45, 7) is 2.97. The molecule has 0 bridgehead atoms. The Kier molecular flexibility index (Phi) is 5.84. The van der Waals surface area contributed by atoms with Crippen LogP contribution in [0.25, 0.3) is 0 Å². The summed E-state index contributed by atoms with van der Waals surface area (Å²) in [7, 11) is 0. The monoisotopic (exact) mass is 439 g/mol. The number of halogens is 4. The fourth-order valence-electron chi connectivity index (χ4n) is 4.73. The number of benzene rings is 1. The van der Waals surface area contributed by atoms with Gasteiger partial charge in [-0.1, -0.05) is 11.6 Å². The number of fused-ring (bicyclic) bond motifs is 1. The summed E-state index contributed by atoms with van der Waals surface area (Å²) < 4.78 is 41.0. The maximum atomic E-state index is 12.9. The van der Waals surface area contributed by atoms with Gasteiger partial charge in [0, 0.05) is 18.3 Å². The van der Waals surface area contributed by atoms with Crippen molar-refractivity contribution >= 4 is 17.5 Å². The first-order valence-corrected chi connectivity index (χ1v) is 10.8. The van der Waals surface area contributed by atoms with Crippen LogP contribution in [0.3, 0.4) is 0 Å². The van der Waals surface area contributed by atoms with Gasteiger partial charge in [0.05, 0.1) is 21.8 Å². The normalized spacial score (nSPS) is 21.5. The number of aromatic nitrogens is 2. The minimum Gasteiger partial charge on any atom is -0.349 e. The summed E-state index contributed by atoms with van der Waals surface area (Å²) in [4.78, 5) is 12.5. The zero-order chi connectivity index (χ0) is 21.5. The van der Waals surface area contributed by atoms with Crippen molar-refractivity contribution in [1.29, 1.82) is 0 Å². The lowest BCUT2D eigenvalue weighted by molar-refractivity contribution is -0.137. The molecule has 0 atom stereocenters. The molecule has 0 spiro atoms. The summed E-state index contributed by atoms with van der Waals surface area (Å²) >= 11 is 5.98. The number of carbonyl (C=O) groups is 1. The lowest BCUT2D eigenvalue weighted by atomic mass is 9.86. The molecule has 1 aromatic heterocycles. The second-order valence-corrected chi connectivity index (χ2v) is 8.84. The number of amides is 1. The van der Waals surface area contributed by atoms with Gasteiger partial charge in [0.1, 0.15) is 0 Å². The molecule has 0 aliphatic heterocycles. The molecule has 162 valence electrons. The molecule has 1 amide bonds. The van der Waals surface area contributed by atoms with Crippen molar-refractivity contribution < 1.29 is 18.0 Å². The smallest absolute Gasteiger partial charge is 0.349 e. The Labute approximate surface area is 178 Å². The highest BCUT2D eigenvalue weighted by Gasteiger charge is 2.32. The average molecular weight is 440 g/mol. The second kappa shape index (κ2) is 8.25. The van der Waals surface area contributed by atoms with Crippen LogP contribution in [0.4, 0.5) is 13.2 Å². The standard InChI is InChI=1S/C22H25ClF3N3O/c1-13-17-3-2-4-20(17)29(28-13)12-14-5-8-16(9-6-14)27-21(30)18-11-15(22(24,25)26)7-10-19(18)23/h7,10-11,14,16H,2-6,8-9,12H2,1H3,(H,27,30). The van der Waals surface area contributed by atoms with E-state index in [4.69, 9.17) is 16.7 Å². The molecule has 1 aromatic carbocycles. The Morgan fingerprint density at radius 3 is 2.67 bits per heavy atom. The summed E-state index contributed by atoms with van der Waals surface area (Å²) in [6.07, 6.45) is 2.42. The Balaban J connectivity index is 1.34. The van der Waals surface area contributed by atoms with Crippen molar-refractivity contribution in [2.45, 2.75) is 70.6 Å². The Bertz CT molecular complexity index is 946. The molecular weight excluding hydrogens is 415 g/mol. The minimum absolute atomic E-state index is 0.0251. The molecule has 1 saturated carbocycles. The molecule has 1 heterocycles. The van der Waals surface area contributed by atoms with Gasteiger partial charge in [0.2, 0.25) is 0 Å². The van der Waals surface area contributed by atoms with Gasteiger partial charge in [-0.05, 0) is 81.5 Å². The van der Waals surface area contributed by atoms with Crippen LogP contribution in [0.5, 0.6) is 0 Å². The Hall–Kier alpha value is -2.02. The average Bonchev–Trinajstić information content (AvgIpc) is 3.28. The van der Waals surface area contributed by atoms with Gasteiger partial charge in [-0.3, -0.25) is 9.48 Å². The van der Waals surface area contributed by atoms with E-state index in [-0.39, 0.29) is 16.6 Å². The van der Waals surface area contributed by atoms with Gasteiger partial charge < -0.3 is 5.32 Å². The first-order chi connectivity index (χ1) is 14.2. The molecule has 8 heteroatoms. The van der Waals surface area contributed by atoms with E-state index in [0.29, 0.717) is 5.92 Å². The van der Waals surface area contributed by atoms with Gasteiger partial charge in [0.25, 0.3) is 5.91 Å². The zero-order valence-corrected chi connectivity index (χ0v) is 17.6. The number of hydrogen-bond donors (Lipinski definition) is 1. The summed E-state index contributed by atoms with van der Waals surface area (Å²) in [5.74, 6) is -0.0469. The van der Waals surface area contributed by atoms with E-state index in [1.165, 1.54) is 17.7 Å². The van der Waals surface area contributed by atoms with E-state index < -0.39 is 17.6 Å². The maximum Gasteiger partial charge on any atom is 0.416 e. The van der Waals surface area contributed by atoms with Crippen LogP contribution in [-0.4, -0.2) is 21.7 Å². The summed E-state index contributed by atoms with van der Waals surface area (Å²) in [6, 6.07) is 2.78. The molecule has 30 heavy (non-hydrogen) atoms. The highest BCUT2D eigenvalue weighted by molar-refractivity contribution is 6.33. The van der Waals surface area contributed by atoms with Crippen molar-refractivity contribution in [3.63, 3.8) is 0 Å². The number of alkyl halides is 3. The van der Waals surface area contributed by atoms with E-state index in [2.05, 4.69) is 16.9 Å².